The molecule has 2 N–H and O–H groups in total. The Kier molecular flexibility index (Phi) is 4.10. The highest BCUT2D eigenvalue weighted by molar-refractivity contribution is 8.76. The molecule has 17 heavy (non-hydrogen) atoms. The molecule has 94 valence electrons. The van der Waals surface area contributed by atoms with Crippen molar-refractivity contribution in [3.05, 3.63) is 23.8 Å². The lowest BCUT2D eigenvalue weighted by atomic mass is 10.1. The third-order valence-corrected chi connectivity index (χ3v) is 5.66. The minimum absolute atomic E-state index is 0.357. The zero-order valence-corrected chi connectivity index (χ0v) is 11.7. The largest absolute Gasteiger partial charge is 0.493 e. The molecule has 4 nitrogen and oxygen atoms in total. The van der Waals surface area contributed by atoms with Crippen molar-refractivity contribution in [1.29, 1.82) is 0 Å². The fourth-order valence-corrected chi connectivity index (χ4v) is 4.65. The highest BCUT2D eigenvalue weighted by Crippen LogP contribution is 2.59. The van der Waals surface area contributed by atoms with E-state index in [2.05, 4.69) is 0 Å². The lowest BCUT2D eigenvalue weighted by molar-refractivity contribution is 0.264. The predicted molar refractivity (Wildman–Crippen MR) is 70.7 cm³/mol. The van der Waals surface area contributed by atoms with Crippen LogP contribution in [0.2, 0.25) is 0 Å². The van der Waals surface area contributed by atoms with Crippen molar-refractivity contribution in [3.8, 4) is 5.75 Å². The summed E-state index contributed by atoms with van der Waals surface area (Å²) in [7, 11) is -1.08. The molecule has 1 atom stereocenters. The van der Waals surface area contributed by atoms with E-state index in [4.69, 9.17) is 4.74 Å². The van der Waals surface area contributed by atoms with Crippen LogP contribution < -0.4 is 4.74 Å². The van der Waals surface area contributed by atoms with E-state index in [1.807, 2.05) is 18.4 Å². The monoisotopic (exact) mass is 292 g/mol. The molecule has 0 aromatic heterocycles. The Balaban J connectivity index is 2.51. The zero-order chi connectivity index (χ0) is 12.5. The molecule has 1 heterocycles. The van der Waals surface area contributed by atoms with Crippen molar-refractivity contribution in [2.24, 2.45) is 0 Å². The molecular weight excluding hydrogens is 279 g/mol. The third kappa shape index (κ3) is 2.83. The quantitative estimate of drug-likeness (QED) is 0.659. The van der Waals surface area contributed by atoms with E-state index in [1.165, 1.54) is 10.8 Å². The molecule has 1 aliphatic rings. The summed E-state index contributed by atoms with van der Waals surface area (Å²) in [5, 5.41) is 0. The molecule has 0 bridgehead atoms. The second-order valence-electron chi connectivity index (χ2n) is 3.66. The number of rotatable bonds is 3. The fourth-order valence-electron chi connectivity index (χ4n) is 1.90. The van der Waals surface area contributed by atoms with E-state index in [-0.39, 0.29) is 0 Å². The molecule has 1 aromatic rings. The maximum absolute atomic E-state index is 11.5. The molecule has 7 heteroatoms. The maximum atomic E-state index is 11.5. The van der Waals surface area contributed by atoms with E-state index in [9.17, 15) is 14.4 Å². The first-order valence-corrected chi connectivity index (χ1v) is 9.29. The van der Waals surface area contributed by atoms with Crippen LogP contribution in [0.4, 0.5) is 0 Å². The molecule has 0 fully saturated rings. The average molecular weight is 292 g/mol. The van der Waals surface area contributed by atoms with Gasteiger partial charge < -0.3 is 14.5 Å². The Morgan fingerprint density at radius 3 is 2.88 bits per heavy atom. The van der Waals surface area contributed by atoms with Gasteiger partial charge in [0.1, 0.15) is 5.75 Å². The number of fused-ring (bicyclic) bond motifs is 1. The summed E-state index contributed by atoms with van der Waals surface area (Å²) in [5.41, 5.74) is -0.0754. The summed E-state index contributed by atoms with van der Waals surface area (Å²) in [4.78, 5) is 19.7. The van der Waals surface area contributed by atoms with Crippen LogP contribution in [0, 0.1) is 0 Å². The van der Waals surface area contributed by atoms with Gasteiger partial charge in [0, 0.05) is 10.5 Å². The minimum Gasteiger partial charge on any atom is -0.493 e. The van der Waals surface area contributed by atoms with Crippen molar-refractivity contribution >= 4 is 29.2 Å². The molecule has 0 amide bonds. The number of benzene rings is 1. The van der Waals surface area contributed by atoms with Gasteiger partial charge in [-0.1, -0.05) is 27.7 Å². The van der Waals surface area contributed by atoms with E-state index < -0.39 is 13.3 Å². The molecule has 2 rings (SSSR count). The topological polar surface area (TPSA) is 66.8 Å². The van der Waals surface area contributed by atoms with Crippen LogP contribution in [0.25, 0.3) is 0 Å². The summed E-state index contributed by atoms with van der Waals surface area (Å²) >= 11 is 0. The van der Waals surface area contributed by atoms with Gasteiger partial charge in [0.15, 0.2) is 0 Å². The first-order chi connectivity index (χ1) is 8.04. The van der Waals surface area contributed by atoms with Gasteiger partial charge >= 0.3 is 7.60 Å². The first kappa shape index (κ1) is 13.3. The van der Waals surface area contributed by atoms with Gasteiger partial charge in [-0.15, -0.1) is 0 Å². The fraction of sp³-hybridized carbons (Fsp3) is 0.400. The number of hydrogen-bond acceptors (Lipinski definition) is 4. The predicted octanol–water partition coefficient (Wildman–Crippen LogP) is 3.06. The van der Waals surface area contributed by atoms with Gasteiger partial charge in [-0.25, -0.2) is 0 Å². The number of hydrogen-bond donors (Lipinski definition) is 2. The molecule has 0 aliphatic carbocycles. The molecule has 0 radical (unpaired) electrons. The summed E-state index contributed by atoms with van der Waals surface area (Å²) in [6, 6.07) is 5.48. The smallest absolute Gasteiger partial charge is 0.333 e. The summed E-state index contributed by atoms with van der Waals surface area (Å²) in [6.45, 7) is 0.357. The zero-order valence-electron chi connectivity index (χ0n) is 9.20. The molecule has 0 saturated carbocycles. The normalized spacial score (nSPS) is 19.6. The van der Waals surface area contributed by atoms with Crippen molar-refractivity contribution in [2.45, 2.75) is 17.0 Å². The Morgan fingerprint density at radius 1 is 1.47 bits per heavy atom. The van der Waals surface area contributed by atoms with Gasteiger partial charge in [-0.05, 0) is 24.8 Å². The van der Waals surface area contributed by atoms with Crippen LogP contribution in [0.5, 0.6) is 5.75 Å². The average Bonchev–Trinajstić information content (AvgIpc) is 2.28. The maximum Gasteiger partial charge on any atom is 0.333 e. The first-order valence-electron chi connectivity index (χ1n) is 5.05. The van der Waals surface area contributed by atoms with Crippen molar-refractivity contribution in [2.75, 3.05) is 12.9 Å². The van der Waals surface area contributed by atoms with Crippen molar-refractivity contribution in [3.63, 3.8) is 0 Å². The van der Waals surface area contributed by atoms with E-state index in [0.717, 1.165) is 4.90 Å². The SMILES string of the molecule is CSSc1cccc2c1C(P(=O)(O)O)CCO2. The van der Waals surface area contributed by atoms with Gasteiger partial charge in [0.2, 0.25) is 0 Å². The van der Waals surface area contributed by atoms with E-state index >= 15 is 0 Å². The number of ether oxygens (including phenoxy) is 1. The van der Waals surface area contributed by atoms with Gasteiger partial charge in [-0.2, -0.15) is 0 Å². The molecule has 0 saturated heterocycles. The van der Waals surface area contributed by atoms with Gasteiger partial charge in [-0.3, -0.25) is 4.57 Å². The van der Waals surface area contributed by atoms with Crippen LogP contribution in [0.3, 0.4) is 0 Å². The van der Waals surface area contributed by atoms with E-state index in [0.29, 0.717) is 24.3 Å². The van der Waals surface area contributed by atoms with Crippen LogP contribution in [-0.4, -0.2) is 22.6 Å². The summed E-state index contributed by atoms with van der Waals surface area (Å²) in [5.74, 6) is 0.601. The third-order valence-electron chi connectivity index (χ3n) is 2.59. The van der Waals surface area contributed by atoms with Gasteiger partial charge in [0.25, 0.3) is 0 Å². The molecular formula is C10H13O4PS2. The molecule has 1 aromatic carbocycles. The van der Waals surface area contributed by atoms with Crippen molar-refractivity contribution in [1.82, 2.24) is 0 Å². The van der Waals surface area contributed by atoms with E-state index in [1.54, 1.807) is 16.9 Å². The lowest BCUT2D eigenvalue weighted by Gasteiger charge is -2.28. The second-order valence-corrected chi connectivity index (χ2v) is 7.90. The Bertz CT molecular complexity index is 460. The molecule has 1 unspecified atom stereocenters. The van der Waals surface area contributed by atoms with Crippen LogP contribution in [0.15, 0.2) is 23.1 Å². The highest BCUT2D eigenvalue weighted by atomic mass is 33.1. The Hall–Kier alpha value is -0.130. The highest BCUT2D eigenvalue weighted by Gasteiger charge is 2.37. The Morgan fingerprint density at radius 2 is 2.24 bits per heavy atom. The lowest BCUT2D eigenvalue weighted by Crippen LogP contribution is -2.15. The summed E-state index contributed by atoms with van der Waals surface area (Å²) in [6.07, 6.45) is 2.30. The van der Waals surface area contributed by atoms with Crippen LogP contribution >= 0.6 is 29.2 Å². The van der Waals surface area contributed by atoms with Crippen LogP contribution in [0.1, 0.15) is 17.6 Å². The second kappa shape index (κ2) is 5.24. The standard InChI is InChI=1S/C10H13O4PS2/c1-16-17-9-4-2-3-7-10(9)8(5-6-14-7)15(11,12)13/h2-4,8H,5-6H2,1H3,(H2,11,12,13). The van der Waals surface area contributed by atoms with Crippen molar-refractivity contribution < 1.29 is 19.1 Å². The minimum atomic E-state index is -4.13. The molecule has 0 spiro atoms. The van der Waals surface area contributed by atoms with Crippen LogP contribution in [-0.2, 0) is 4.57 Å². The molecule has 1 aliphatic heterocycles. The summed E-state index contributed by atoms with van der Waals surface area (Å²) < 4.78 is 17.0. The Labute approximate surface area is 108 Å². The van der Waals surface area contributed by atoms with Gasteiger partial charge in [0.05, 0.1) is 12.3 Å².